The van der Waals surface area contributed by atoms with Gasteiger partial charge in [0.25, 0.3) is 5.67 Å². The molecule has 4 nitrogen and oxygen atoms in total. The van der Waals surface area contributed by atoms with Gasteiger partial charge in [0, 0.05) is 30.7 Å². The highest BCUT2D eigenvalue weighted by molar-refractivity contribution is 7.89. The number of methoxy groups -OCH3 is 1. The minimum atomic E-state index is -6.89. The van der Waals surface area contributed by atoms with Crippen molar-refractivity contribution in [3.63, 3.8) is 0 Å². The third kappa shape index (κ3) is 9.13. The summed E-state index contributed by atoms with van der Waals surface area (Å²) in [5.74, 6) is -9.17. The zero-order valence-electron chi connectivity index (χ0n) is 17.4. The van der Waals surface area contributed by atoms with Crippen molar-refractivity contribution in [2.24, 2.45) is 11.8 Å². The van der Waals surface area contributed by atoms with E-state index in [0.717, 1.165) is 11.4 Å². The first-order chi connectivity index (χ1) is 15.0. The van der Waals surface area contributed by atoms with Crippen LogP contribution in [-0.4, -0.2) is 71.2 Å². The fourth-order valence-electron chi connectivity index (χ4n) is 2.73. The highest BCUT2D eigenvalue weighted by Crippen LogP contribution is 2.53. The lowest BCUT2D eigenvalue weighted by Crippen LogP contribution is -2.55. The molecule has 34 heavy (non-hydrogen) atoms. The molecule has 0 radical (unpaired) electrons. The Balaban J connectivity index is 5.85. The van der Waals surface area contributed by atoms with E-state index >= 15 is 0 Å². The number of carbonyl (C=O) groups excluding carboxylic acids is 1. The number of halogens is 13. The van der Waals surface area contributed by atoms with Crippen LogP contribution in [0.4, 0.5) is 57.1 Å². The molecule has 18 heteroatoms. The van der Waals surface area contributed by atoms with E-state index in [-0.39, 0.29) is 6.54 Å². The zero-order chi connectivity index (χ0) is 27.3. The van der Waals surface area contributed by atoms with E-state index in [9.17, 15) is 66.4 Å². The minimum Gasteiger partial charge on any atom is -0.598 e. The van der Waals surface area contributed by atoms with Crippen molar-refractivity contribution >= 4 is 17.3 Å². The van der Waals surface area contributed by atoms with Crippen LogP contribution in [0.25, 0.3) is 0 Å². The molecule has 0 saturated heterocycles. The molecule has 0 aliphatic carbocycles. The lowest BCUT2D eigenvalue weighted by Gasteiger charge is -2.35. The molecule has 0 spiro atoms. The average Bonchev–Trinajstić information content (AvgIpc) is 2.63. The monoisotopic (exact) mass is 553 g/mol. The molecule has 0 aromatic heterocycles. The Bertz CT molecular complexity index is 634. The van der Waals surface area contributed by atoms with Crippen LogP contribution in [0.3, 0.4) is 0 Å². The van der Waals surface area contributed by atoms with E-state index in [1.54, 1.807) is 0 Å². The average molecular weight is 553 g/mol. The quantitative estimate of drug-likeness (QED) is 0.193. The van der Waals surface area contributed by atoms with E-state index < -0.39 is 91.1 Å². The van der Waals surface area contributed by atoms with Crippen molar-refractivity contribution in [2.75, 3.05) is 26.0 Å². The van der Waals surface area contributed by atoms with Crippen LogP contribution in [0.15, 0.2) is 0 Å². The fraction of sp³-hybridized carbons (Fsp3) is 0.938. The molecule has 0 amide bonds. The summed E-state index contributed by atoms with van der Waals surface area (Å²) in [6, 6.07) is 0. The number of rotatable bonds is 11. The molecule has 0 heterocycles. The van der Waals surface area contributed by atoms with Gasteiger partial charge >= 0.3 is 30.7 Å². The topological polar surface area (TPSA) is 52.6 Å². The normalized spacial score (nSPS) is 17.0. The molecule has 0 aliphatic heterocycles. The first kappa shape index (κ1) is 32.8. The number of alkyl halides is 13. The lowest BCUT2D eigenvalue weighted by atomic mass is 9.83. The van der Waals surface area contributed by atoms with Gasteiger partial charge < -0.3 is 9.29 Å². The van der Waals surface area contributed by atoms with Crippen LogP contribution in [0.2, 0.25) is 0 Å². The molecule has 0 saturated carbocycles. The van der Waals surface area contributed by atoms with Crippen LogP contribution in [0.1, 0.15) is 26.2 Å². The lowest BCUT2D eigenvalue weighted by molar-refractivity contribution is -0.353. The standard InChI is InChI=1S/C16H20F13NO3S/c1-3-30(8-11(31)33-2)34(32)5-4-9(13(18,19)20)6-10(14(21,22)23)7-12(17,15(24,25)26)16(27,28)29/h9-10H,3-8H2,1-2H3. The summed E-state index contributed by atoms with van der Waals surface area (Å²) >= 11 is -2.40. The van der Waals surface area contributed by atoms with E-state index in [0.29, 0.717) is 0 Å². The highest BCUT2D eigenvalue weighted by Gasteiger charge is 2.74. The Hall–Kier alpha value is -1.17. The van der Waals surface area contributed by atoms with Crippen molar-refractivity contribution in [3.8, 4) is 0 Å². The number of likely N-dealkylation sites (N-methyl/N-ethyl adjacent to an activating group) is 1. The number of ether oxygens (including phenoxy) is 1. The van der Waals surface area contributed by atoms with E-state index in [2.05, 4.69) is 4.74 Å². The molecule has 3 atom stereocenters. The number of hydrogen-bond donors (Lipinski definition) is 0. The number of esters is 1. The van der Waals surface area contributed by atoms with Gasteiger partial charge in [-0.25, -0.2) is 4.39 Å². The molecule has 0 aromatic rings. The van der Waals surface area contributed by atoms with Gasteiger partial charge in [-0.3, -0.25) is 4.79 Å². The maximum absolute atomic E-state index is 13.8. The van der Waals surface area contributed by atoms with E-state index in [4.69, 9.17) is 0 Å². The zero-order valence-corrected chi connectivity index (χ0v) is 18.2. The molecule has 0 aliphatic rings. The maximum atomic E-state index is 13.8. The third-order valence-corrected chi connectivity index (χ3v) is 6.28. The predicted molar refractivity (Wildman–Crippen MR) is 91.2 cm³/mol. The van der Waals surface area contributed by atoms with Gasteiger partial charge in [0.05, 0.1) is 18.9 Å². The van der Waals surface area contributed by atoms with Crippen molar-refractivity contribution in [2.45, 2.75) is 56.6 Å². The Morgan fingerprint density at radius 2 is 1.32 bits per heavy atom. The SMILES string of the molecule is CCN(CC(=O)OC)[S+]([O-])CCC(CC(CC(F)(C(F)(F)F)C(F)(F)F)C(F)(F)F)C(F)(F)F. The third-order valence-electron chi connectivity index (χ3n) is 4.74. The van der Waals surface area contributed by atoms with Crippen molar-refractivity contribution in [1.82, 2.24) is 4.31 Å². The van der Waals surface area contributed by atoms with Crippen molar-refractivity contribution < 1.29 is 71.2 Å². The first-order valence-electron chi connectivity index (χ1n) is 9.17. The molecule has 0 rings (SSSR count). The van der Waals surface area contributed by atoms with Gasteiger partial charge in [0.2, 0.25) is 0 Å². The van der Waals surface area contributed by atoms with Gasteiger partial charge in [-0.1, -0.05) is 0 Å². The Morgan fingerprint density at radius 1 is 0.882 bits per heavy atom. The van der Waals surface area contributed by atoms with Crippen molar-refractivity contribution in [3.05, 3.63) is 0 Å². The summed E-state index contributed by atoms with van der Waals surface area (Å²) in [7, 11) is 0.933. The second-order valence-corrected chi connectivity index (χ2v) is 8.63. The van der Waals surface area contributed by atoms with Crippen molar-refractivity contribution in [1.29, 1.82) is 0 Å². The summed E-state index contributed by atoms with van der Waals surface area (Å²) in [6.07, 6.45) is -32.6. The Morgan fingerprint density at radius 3 is 1.65 bits per heavy atom. The summed E-state index contributed by atoms with van der Waals surface area (Å²) in [5, 5.41) is 0. The summed E-state index contributed by atoms with van der Waals surface area (Å²) in [5.41, 5.74) is -6.42. The van der Waals surface area contributed by atoms with Gasteiger partial charge in [0.15, 0.2) is 0 Å². The highest BCUT2D eigenvalue weighted by atomic mass is 32.2. The van der Waals surface area contributed by atoms with Crippen LogP contribution < -0.4 is 0 Å². The largest absolute Gasteiger partial charge is 0.598 e. The predicted octanol–water partition coefficient (Wildman–Crippen LogP) is 5.51. The number of hydrogen-bond acceptors (Lipinski definition) is 4. The Kier molecular flexibility index (Phi) is 11.3. The summed E-state index contributed by atoms with van der Waals surface area (Å²) in [4.78, 5) is 11.2. The van der Waals surface area contributed by atoms with Gasteiger partial charge in [-0.15, -0.1) is 4.31 Å². The smallest absolute Gasteiger partial charge is 0.431 e. The number of nitrogens with zero attached hydrogens (tertiary/aromatic N) is 1. The summed E-state index contributed by atoms with van der Waals surface area (Å²) in [6.45, 7) is 0.449. The van der Waals surface area contributed by atoms with Gasteiger partial charge in [-0.05, 0) is 13.3 Å². The molecular formula is C16H20F13NO3S. The van der Waals surface area contributed by atoms with E-state index in [1.165, 1.54) is 6.92 Å². The van der Waals surface area contributed by atoms with Crippen LogP contribution in [-0.2, 0) is 20.9 Å². The second-order valence-electron chi connectivity index (χ2n) is 7.06. The van der Waals surface area contributed by atoms with Crippen LogP contribution in [0.5, 0.6) is 0 Å². The molecule has 3 unspecified atom stereocenters. The molecule has 204 valence electrons. The van der Waals surface area contributed by atoms with Crippen LogP contribution >= 0.6 is 0 Å². The van der Waals surface area contributed by atoms with Gasteiger partial charge in [-0.2, -0.15) is 52.7 Å². The second kappa shape index (κ2) is 11.7. The summed E-state index contributed by atoms with van der Waals surface area (Å²) < 4.78 is 186. The van der Waals surface area contributed by atoms with Gasteiger partial charge in [0.1, 0.15) is 12.3 Å². The minimum absolute atomic E-state index is 0.189. The molecular weight excluding hydrogens is 533 g/mol. The van der Waals surface area contributed by atoms with Crippen LogP contribution in [0, 0.1) is 11.8 Å². The maximum Gasteiger partial charge on any atom is 0.431 e. The van der Waals surface area contributed by atoms with E-state index in [1.807, 2.05) is 0 Å². The first-order valence-corrected chi connectivity index (χ1v) is 10.4. The molecule has 0 fully saturated rings. The molecule has 0 aromatic carbocycles. The number of carbonyl (C=O) groups is 1. The molecule has 0 bridgehead atoms. The fourth-order valence-corrected chi connectivity index (χ4v) is 4.01. The Labute approximate surface area is 188 Å². The molecule has 0 N–H and O–H groups in total.